The summed E-state index contributed by atoms with van der Waals surface area (Å²) in [6, 6.07) is 20.8. The van der Waals surface area contributed by atoms with E-state index in [1.165, 1.54) is 48.4 Å². The van der Waals surface area contributed by atoms with E-state index in [9.17, 15) is 26.4 Å². The zero-order chi connectivity index (χ0) is 48.9. The van der Waals surface area contributed by atoms with Gasteiger partial charge in [0.05, 0.1) is 19.7 Å². The van der Waals surface area contributed by atoms with Gasteiger partial charge in [-0.2, -0.15) is 8.61 Å². The van der Waals surface area contributed by atoms with Gasteiger partial charge in [0.1, 0.15) is 8.42 Å². The van der Waals surface area contributed by atoms with Gasteiger partial charge in [-0.25, -0.2) is 16.8 Å². The molecule has 2 saturated heterocycles. The number of amides is 2. The normalized spacial score (nSPS) is 17.9. The summed E-state index contributed by atoms with van der Waals surface area (Å²) in [7, 11) is -7.08. The number of hydrogen-bond donors (Lipinski definition) is 4. The van der Waals surface area contributed by atoms with Crippen molar-refractivity contribution in [1.29, 1.82) is 0 Å². The number of carbonyl (C=O) groups excluding carboxylic acids is 2. The number of rotatable bonds is 23. The molecule has 0 saturated carbocycles. The molecule has 0 bridgehead atoms. The number of hydrogen-bond acceptors (Lipinski definition) is 11. The molecule has 2 fully saturated rings. The minimum atomic E-state index is -3.54. The van der Waals surface area contributed by atoms with Crippen molar-refractivity contribution >= 4 is 77.7 Å². The molecule has 0 spiro atoms. The van der Waals surface area contributed by atoms with Crippen LogP contribution in [0.5, 0.6) is 0 Å². The lowest BCUT2D eigenvalue weighted by Crippen LogP contribution is -2.35. The van der Waals surface area contributed by atoms with Crippen LogP contribution in [0.2, 0.25) is 10.0 Å². The predicted octanol–water partition coefficient (Wildman–Crippen LogP) is 9.57. The van der Waals surface area contributed by atoms with Crippen molar-refractivity contribution in [2.45, 2.75) is 125 Å². The summed E-state index contributed by atoms with van der Waals surface area (Å²) < 4.78 is 62.3. The molecule has 0 aliphatic carbocycles. The summed E-state index contributed by atoms with van der Waals surface area (Å²) in [5.74, 6) is 0.254. The Morgan fingerprint density at radius 2 is 1.13 bits per heavy atom. The van der Waals surface area contributed by atoms with Crippen molar-refractivity contribution in [3.8, 4) is 0 Å². The third-order valence-electron chi connectivity index (χ3n) is 12.2. The maximum atomic E-state index is 13.3. The second-order valence-electron chi connectivity index (χ2n) is 17.3. The van der Waals surface area contributed by atoms with Crippen LogP contribution in [0.25, 0.3) is 0 Å². The Balaban J connectivity index is 0.000000255. The lowest BCUT2D eigenvalue weighted by Gasteiger charge is -2.22. The average molecular weight is 1050 g/mol. The van der Waals surface area contributed by atoms with Gasteiger partial charge in [0.15, 0.2) is 0 Å². The molecule has 2 aliphatic rings. The summed E-state index contributed by atoms with van der Waals surface area (Å²) in [5, 5.41) is 14.0. The van der Waals surface area contributed by atoms with Gasteiger partial charge < -0.3 is 26.0 Å². The standard InChI is InChI=1S/C26H38ClN3O3S2.C23H32ClN3O4S2/c1-3-5-7-20(4-2)18-28-23-8-6-16-30(17-15-23)35(32,33)25-14-13-24(34-25)19-29-26(31)21-9-11-22(27)12-10-21;1-2-15-31-16-12-25-20-4-3-13-27(14-11-20)33(29,30)22-10-9-21(32-22)17-26-23(28)18-5-7-19(24)8-6-18/h9-14,20,23,28H,3-8,15-19H2,1-2H3,(H,29,31);5-10,20,25H,2-4,11-17H2,1H3,(H,26,28). The summed E-state index contributed by atoms with van der Waals surface area (Å²) >= 11 is 14.2. The number of ether oxygens (including phenoxy) is 1. The topological polar surface area (TPSA) is 166 Å². The highest BCUT2D eigenvalue weighted by atomic mass is 35.5. The number of unbranched alkanes of at least 4 members (excludes halogenated alkanes) is 1. The van der Waals surface area contributed by atoms with Gasteiger partial charge in [0.2, 0.25) is 0 Å². The Labute approximate surface area is 423 Å². The number of benzene rings is 2. The van der Waals surface area contributed by atoms with Crippen molar-refractivity contribution in [1.82, 2.24) is 29.9 Å². The molecule has 2 amide bonds. The Morgan fingerprint density at radius 3 is 1.59 bits per heavy atom. The first-order valence-corrected chi connectivity index (χ1v) is 29.3. The Morgan fingerprint density at radius 1 is 0.647 bits per heavy atom. The first-order chi connectivity index (χ1) is 32.7. The smallest absolute Gasteiger partial charge is 0.252 e. The molecule has 2 aromatic carbocycles. The highest BCUT2D eigenvalue weighted by Crippen LogP contribution is 2.29. The summed E-state index contributed by atoms with van der Waals surface area (Å²) in [6.07, 6.45) is 11.2. The van der Waals surface area contributed by atoms with Crippen LogP contribution in [0.1, 0.15) is 122 Å². The van der Waals surface area contributed by atoms with Crippen LogP contribution >= 0.6 is 45.9 Å². The lowest BCUT2D eigenvalue weighted by atomic mass is 9.98. The van der Waals surface area contributed by atoms with Gasteiger partial charge in [-0.15, -0.1) is 22.7 Å². The molecule has 6 rings (SSSR count). The first-order valence-electron chi connectivity index (χ1n) is 24.0. The van der Waals surface area contributed by atoms with Crippen LogP contribution in [-0.4, -0.2) is 102 Å². The lowest BCUT2D eigenvalue weighted by molar-refractivity contribution is 0.0943. The molecule has 0 radical (unpaired) electrons. The minimum Gasteiger partial charge on any atom is -0.380 e. The van der Waals surface area contributed by atoms with Crippen molar-refractivity contribution < 1.29 is 31.2 Å². The number of nitrogens with one attached hydrogen (secondary N) is 4. The first kappa shape index (κ1) is 56.0. The third-order valence-corrected chi connectivity index (χ3v) is 19.6. The number of sulfonamides is 2. The minimum absolute atomic E-state index is 0.217. The number of nitrogens with zero attached hydrogens (tertiary/aromatic N) is 2. The van der Waals surface area contributed by atoms with E-state index in [2.05, 4.69) is 42.0 Å². The van der Waals surface area contributed by atoms with Gasteiger partial charge in [0.25, 0.3) is 31.9 Å². The van der Waals surface area contributed by atoms with Crippen molar-refractivity contribution in [3.63, 3.8) is 0 Å². The molecule has 376 valence electrons. The molecule has 3 atom stereocenters. The predicted molar refractivity (Wildman–Crippen MR) is 277 cm³/mol. The van der Waals surface area contributed by atoms with Gasteiger partial charge in [-0.05, 0) is 137 Å². The summed E-state index contributed by atoms with van der Waals surface area (Å²) in [5.41, 5.74) is 1.02. The molecule has 68 heavy (non-hydrogen) atoms. The number of thiophene rings is 2. The quantitative estimate of drug-likeness (QED) is 0.0530. The molecule has 13 nitrogen and oxygen atoms in total. The highest BCUT2D eigenvalue weighted by molar-refractivity contribution is 7.91. The molecular weight excluding hydrogens is 984 g/mol. The van der Waals surface area contributed by atoms with Crippen LogP contribution < -0.4 is 21.3 Å². The van der Waals surface area contributed by atoms with E-state index in [1.807, 2.05) is 0 Å². The summed E-state index contributed by atoms with van der Waals surface area (Å²) in [4.78, 5) is 26.2. The zero-order valence-electron chi connectivity index (χ0n) is 39.7. The van der Waals surface area contributed by atoms with Crippen LogP contribution in [0.4, 0.5) is 0 Å². The Hall–Kier alpha value is -2.94. The van der Waals surface area contributed by atoms with Crippen molar-refractivity contribution in [2.24, 2.45) is 5.92 Å². The second kappa shape index (κ2) is 28.8. The largest absolute Gasteiger partial charge is 0.380 e. The fourth-order valence-electron chi connectivity index (χ4n) is 8.07. The summed E-state index contributed by atoms with van der Waals surface area (Å²) in [6.45, 7) is 12.5. The van der Waals surface area contributed by atoms with Gasteiger partial charge in [0, 0.05) is 82.3 Å². The molecule has 2 aromatic heterocycles. The monoisotopic (exact) mass is 1050 g/mol. The van der Waals surface area contributed by atoms with E-state index in [0.29, 0.717) is 80.4 Å². The van der Waals surface area contributed by atoms with Crippen molar-refractivity contribution in [2.75, 3.05) is 52.5 Å². The van der Waals surface area contributed by atoms with Crippen LogP contribution in [0, 0.1) is 5.92 Å². The second-order valence-corrected chi connectivity index (χ2v) is 24.8. The zero-order valence-corrected chi connectivity index (χ0v) is 44.4. The number of halogens is 2. The highest BCUT2D eigenvalue weighted by Gasteiger charge is 2.30. The van der Waals surface area contributed by atoms with Gasteiger partial charge >= 0.3 is 0 Å². The van der Waals surface area contributed by atoms with E-state index in [1.54, 1.807) is 81.4 Å². The molecule has 3 unspecified atom stereocenters. The Kier molecular flexibility index (Phi) is 23.7. The molecule has 2 aliphatic heterocycles. The third kappa shape index (κ3) is 17.7. The van der Waals surface area contributed by atoms with E-state index >= 15 is 0 Å². The maximum Gasteiger partial charge on any atom is 0.252 e. The maximum absolute atomic E-state index is 13.3. The van der Waals surface area contributed by atoms with E-state index in [0.717, 1.165) is 74.4 Å². The van der Waals surface area contributed by atoms with E-state index in [4.69, 9.17) is 27.9 Å². The molecular formula is C49H70Cl2N6O7S4. The van der Waals surface area contributed by atoms with E-state index in [-0.39, 0.29) is 24.9 Å². The van der Waals surface area contributed by atoms with Crippen LogP contribution in [-0.2, 0) is 37.9 Å². The van der Waals surface area contributed by atoms with E-state index < -0.39 is 20.0 Å². The SMILES string of the molecule is CCCCC(CC)CNC1CCCN(S(=O)(=O)c2ccc(CNC(=O)c3ccc(Cl)cc3)s2)CC1.CCCOCCNC1CCCN(S(=O)(=O)c2ccc(CNC(=O)c3ccc(Cl)cc3)s2)CC1. The molecule has 4 heterocycles. The fourth-order valence-corrected chi connectivity index (χ4v) is 14.2. The number of carbonyl (C=O) groups is 2. The van der Waals surface area contributed by atoms with Crippen LogP contribution in [0.15, 0.2) is 81.2 Å². The Bertz CT molecular complexity index is 2370. The van der Waals surface area contributed by atoms with Crippen LogP contribution in [0.3, 0.4) is 0 Å². The molecule has 4 aromatic rings. The average Bonchev–Trinajstić information content (AvgIpc) is 3.89. The van der Waals surface area contributed by atoms with Crippen molar-refractivity contribution in [3.05, 3.63) is 104 Å². The van der Waals surface area contributed by atoms with Gasteiger partial charge in [-0.1, -0.05) is 63.2 Å². The fraction of sp³-hybridized carbons (Fsp3) is 0.551. The van der Waals surface area contributed by atoms with Gasteiger partial charge in [-0.3, -0.25) is 9.59 Å². The molecule has 19 heteroatoms. The molecule has 4 N–H and O–H groups in total.